The first kappa shape index (κ1) is 16.7. The first-order valence-electron chi connectivity index (χ1n) is 9.33. The van der Waals surface area contributed by atoms with Gasteiger partial charge in [0.05, 0.1) is 16.8 Å². The van der Waals surface area contributed by atoms with Crippen LogP contribution in [0.25, 0.3) is 22.2 Å². The Kier molecular flexibility index (Phi) is 4.65. The van der Waals surface area contributed by atoms with E-state index in [-0.39, 0.29) is 11.9 Å². The second-order valence-corrected chi connectivity index (χ2v) is 7.16. The van der Waals surface area contributed by atoms with Gasteiger partial charge in [0, 0.05) is 29.4 Å². The van der Waals surface area contributed by atoms with Crippen molar-refractivity contribution in [3.8, 4) is 11.3 Å². The maximum atomic E-state index is 13.1. The van der Waals surface area contributed by atoms with Crippen molar-refractivity contribution in [2.75, 3.05) is 0 Å². The fourth-order valence-corrected chi connectivity index (χ4v) is 3.80. The first-order valence-corrected chi connectivity index (χ1v) is 9.33. The Hall–Kier alpha value is -2.75. The number of carbonyl (C=O) groups is 1. The predicted molar refractivity (Wildman–Crippen MR) is 104 cm³/mol. The molecule has 3 aromatic rings. The summed E-state index contributed by atoms with van der Waals surface area (Å²) in [5, 5.41) is 4.16. The molecule has 4 heteroatoms. The Bertz CT molecular complexity index is 923. The van der Waals surface area contributed by atoms with E-state index in [1.807, 2.05) is 42.5 Å². The van der Waals surface area contributed by atoms with Gasteiger partial charge in [0.15, 0.2) is 0 Å². The van der Waals surface area contributed by atoms with Crippen LogP contribution in [0, 0.1) is 5.92 Å². The van der Waals surface area contributed by atoms with Gasteiger partial charge in [0.1, 0.15) is 0 Å². The highest BCUT2D eigenvalue weighted by Gasteiger charge is 2.24. The zero-order valence-electron chi connectivity index (χ0n) is 15.0. The zero-order chi connectivity index (χ0) is 17.9. The number of hydrogen-bond acceptors (Lipinski definition) is 3. The van der Waals surface area contributed by atoms with Crippen molar-refractivity contribution in [1.82, 2.24) is 15.3 Å². The average Bonchev–Trinajstić information content (AvgIpc) is 2.69. The minimum Gasteiger partial charge on any atom is -0.349 e. The van der Waals surface area contributed by atoms with E-state index in [1.54, 1.807) is 12.4 Å². The third-order valence-corrected chi connectivity index (χ3v) is 5.35. The van der Waals surface area contributed by atoms with Gasteiger partial charge in [-0.1, -0.05) is 38.0 Å². The molecule has 2 atom stereocenters. The van der Waals surface area contributed by atoms with Crippen molar-refractivity contribution in [2.24, 2.45) is 5.92 Å². The maximum absolute atomic E-state index is 13.1. The molecule has 1 amide bonds. The Morgan fingerprint density at radius 2 is 1.96 bits per heavy atom. The molecule has 26 heavy (non-hydrogen) atoms. The topological polar surface area (TPSA) is 54.9 Å². The highest BCUT2D eigenvalue weighted by atomic mass is 16.1. The minimum atomic E-state index is -0.00695. The summed E-state index contributed by atoms with van der Waals surface area (Å²) in [7, 11) is 0. The molecule has 2 unspecified atom stereocenters. The van der Waals surface area contributed by atoms with Crippen LogP contribution in [0.2, 0.25) is 0 Å². The third-order valence-electron chi connectivity index (χ3n) is 5.35. The Balaban J connectivity index is 1.74. The van der Waals surface area contributed by atoms with Gasteiger partial charge in [0.2, 0.25) is 0 Å². The van der Waals surface area contributed by atoms with Crippen LogP contribution < -0.4 is 5.32 Å². The Morgan fingerprint density at radius 3 is 2.77 bits per heavy atom. The molecule has 1 saturated carbocycles. The maximum Gasteiger partial charge on any atom is 0.252 e. The van der Waals surface area contributed by atoms with Crippen LogP contribution in [-0.4, -0.2) is 21.9 Å². The molecule has 4 rings (SSSR count). The lowest BCUT2D eigenvalue weighted by molar-refractivity contribution is 0.0912. The van der Waals surface area contributed by atoms with Gasteiger partial charge in [-0.2, -0.15) is 0 Å². The molecule has 0 bridgehead atoms. The summed E-state index contributed by atoms with van der Waals surface area (Å²) in [6.45, 7) is 2.23. The van der Waals surface area contributed by atoms with E-state index < -0.39 is 0 Å². The average molecular weight is 345 g/mol. The van der Waals surface area contributed by atoms with Crippen molar-refractivity contribution < 1.29 is 4.79 Å². The molecule has 2 aromatic heterocycles. The molecule has 1 N–H and O–H groups in total. The molecule has 1 aliphatic rings. The van der Waals surface area contributed by atoms with Crippen LogP contribution in [0.15, 0.2) is 54.9 Å². The second kappa shape index (κ2) is 7.24. The number of pyridine rings is 2. The van der Waals surface area contributed by atoms with Gasteiger partial charge in [-0.25, -0.2) is 4.98 Å². The third kappa shape index (κ3) is 3.32. The van der Waals surface area contributed by atoms with Crippen molar-refractivity contribution in [3.63, 3.8) is 0 Å². The predicted octanol–water partition coefficient (Wildman–Crippen LogP) is 4.61. The monoisotopic (exact) mass is 345 g/mol. The quantitative estimate of drug-likeness (QED) is 0.754. The second-order valence-electron chi connectivity index (χ2n) is 7.16. The van der Waals surface area contributed by atoms with Crippen molar-refractivity contribution in [1.29, 1.82) is 0 Å². The van der Waals surface area contributed by atoms with Crippen molar-refractivity contribution in [2.45, 2.75) is 38.6 Å². The largest absolute Gasteiger partial charge is 0.349 e. The first-order chi connectivity index (χ1) is 12.7. The van der Waals surface area contributed by atoms with Crippen molar-refractivity contribution >= 4 is 16.8 Å². The summed E-state index contributed by atoms with van der Waals surface area (Å²) >= 11 is 0. The lowest BCUT2D eigenvalue weighted by Crippen LogP contribution is -2.41. The van der Waals surface area contributed by atoms with Gasteiger partial charge in [-0.15, -0.1) is 0 Å². The number of para-hydroxylation sites is 1. The highest BCUT2D eigenvalue weighted by Crippen LogP contribution is 2.27. The molecular weight excluding hydrogens is 322 g/mol. The van der Waals surface area contributed by atoms with Gasteiger partial charge in [-0.3, -0.25) is 9.78 Å². The van der Waals surface area contributed by atoms with E-state index in [1.165, 1.54) is 19.3 Å². The molecular formula is C22H23N3O. The van der Waals surface area contributed by atoms with Crippen LogP contribution in [0.1, 0.15) is 43.0 Å². The normalized spacial score (nSPS) is 20.0. The molecule has 1 aromatic carbocycles. The van der Waals surface area contributed by atoms with Crippen LogP contribution in [-0.2, 0) is 0 Å². The van der Waals surface area contributed by atoms with Crippen LogP contribution in [0.4, 0.5) is 0 Å². The summed E-state index contributed by atoms with van der Waals surface area (Å²) in [5.41, 5.74) is 3.21. The zero-order valence-corrected chi connectivity index (χ0v) is 15.0. The van der Waals surface area contributed by atoms with Crippen LogP contribution >= 0.6 is 0 Å². The number of aromatic nitrogens is 2. The lowest BCUT2D eigenvalue weighted by Gasteiger charge is -2.29. The van der Waals surface area contributed by atoms with E-state index in [0.717, 1.165) is 28.6 Å². The number of nitrogens with zero attached hydrogens (tertiary/aromatic N) is 2. The summed E-state index contributed by atoms with van der Waals surface area (Å²) in [6.07, 6.45) is 8.21. The van der Waals surface area contributed by atoms with E-state index in [9.17, 15) is 4.79 Å². The number of carbonyl (C=O) groups excluding carboxylic acids is 1. The molecule has 0 spiro atoms. The molecule has 1 fully saturated rings. The smallest absolute Gasteiger partial charge is 0.252 e. The van der Waals surface area contributed by atoms with E-state index in [2.05, 4.69) is 17.2 Å². The number of rotatable bonds is 3. The summed E-state index contributed by atoms with van der Waals surface area (Å²) in [5.74, 6) is 0.520. The molecule has 4 nitrogen and oxygen atoms in total. The van der Waals surface area contributed by atoms with Gasteiger partial charge < -0.3 is 5.32 Å². The molecule has 0 aliphatic heterocycles. The summed E-state index contributed by atoms with van der Waals surface area (Å²) in [4.78, 5) is 22.0. The summed E-state index contributed by atoms with van der Waals surface area (Å²) < 4.78 is 0. The highest BCUT2D eigenvalue weighted by molar-refractivity contribution is 6.07. The van der Waals surface area contributed by atoms with Gasteiger partial charge >= 0.3 is 0 Å². The van der Waals surface area contributed by atoms with E-state index in [4.69, 9.17) is 4.98 Å². The fraction of sp³-hybridized carbons (Fsp3) is 0.318. The van der Waals surface area contributed by atoms with Gasteiger partial charge in [0.25, 0.3) is 5.91 Å². The number of nitrogens with one attached hydrogen (secondary N) is 1. The molecule has 0 radical (unpaired) electrons. The Labute approximate surface area is 153 Å². The number of hydrogen-bond donors (Lipinski definition) is 1. The molecule has 1 aliphatic carbocycles. The summed E-state index contributed by atoms with van der Waals surface area (Å²) in [6, 6.07) is 13.8. The Morgan fingerprint density at radius 1 is 1.12 bits per heavy atom. The molecule has 2 heterocycles. The molecule has 0 saturated heterocycles. The number of fused-ring (bicyclic) bond motifs is 1. The number of amides is 1. The van der Waals surface area contributed by atoms with Crippen LogP contribution in [0.5, 0.6) is 0 Å². The van der Waals surface area contributed by atoms with Gasteiger partial charge in [-0.05, 0) is 43.0 Å². The van der Waals surface area contributed by atoms with E-state index in [0.29, 0.717) is 11.5 Å². The molecule has 132 valence electrons. The van der Waals surface area contributed by atoms with E-state index >= 15 is 0 Å². The SMILES string of the molecule is CC1CCCCC1NC(=O)c1cc(-c2cccnc2)nc2ccccc12. The number of benzene rings is 1. The van der Waals surface area contributed by atoms with Crippen molar-refractivity contribution in [3.05, 3.63) is 60.4 Å². The van der Waals surface area contributed by atoms with Crippen LogP contribution in [0.3, 0.4) is 0 Å². The minimum absolute atomic E-state index is 0.00695. The standard InChI is InChI=1S/C22H23N3O/c1-15-7-2-4-10-19(15)25-22(26)18-13-21(16-8-6-12-23-14-16)24-20-11-5-3-9-17(18)20/h3,5-6,8-9,11-15,19H,2,4,7,10H2,1H3,(H,25,26). The lowest BCUT2D eigenvalue weighted by atomic mass is 9.86. The fourth-order valence-electron chi connectivity index (χ4n) is 3.80.